The van der Waals surface area contributed by atoms with Crippen molar-refractivity contribution < 1.29 is 22.7 Å². The maximum Gasteiger partial charge on any atom is 0.256 e. The molecular weight excluding hydrogens is 442 g/mol. The fourth-order valence-corrected chi connectivity index (χ4v) is 4.09. The summed E-state index contributed by atoms with van der Waals surface area (Å²) < 4.78 is 30.8. The van der Waals surface area contributed by atoms with E-state index in [-0.39, 0.29) is 12.5 Å². The molecule has 2 aromatic rings. The Morgan fingerprint density at radius 2 is 1.74 bits per heavy atom. The number of anilines is 1. The number of nitrogens with zero attached hydrogens (tertiary/aromatic N) is 2. The van der Waals surface area contributed by atoms with Crippen LogP contribution in [0.2, 0.25) is 5.02 Å². The molecule has 1 fully saturated rings. The second kappa shape index (κ2) is 10.2. The Hall–Kier alpha value is -2.46. The lowest BCUT2D eigenvalue weighted by molar-refractivity contribution is -0.116. The average Bonchev–Trinajstić information content (AvgIpc) is 2.74. The van der Waals surface area contributed by atoms with Gasteiger partial charge < -0.3 is 15.0 Å². The van der Waals surface area contributed by atoms with Crippen LogP contribution in [0.1, 0.15) is 15.9 Å². The Morgan fingerprint density at radius 1 is 1.10 bits per heavy atom. The van der Waals surface area contributed by atoms with Crippen LogP contribution in [0.5, 0.6) is 0 Å². The van der Waals surface area contributed by atoms with Crippen LogP contribution >= 0.6 is 11.6 Å². The fraction of sp³-hybridized carbons (Fsp3) is 0.333. The number of carbonyl (C=O) groups excluding carboxylic acids is 2. The van der Waals surface area contributed by atoms with Gasteiger partial charge in [0.15, 0.2) is 0 Å². The molecule has 10 heteroatoms. The lowest BCUT2D eigenvalue weighted by Crippen LogP contribution is -2.41. The minimum absolute atomic E-state index is 0.0414. The predicted molar refractivity (Wildman–Crippen MR) is 119 cm³/mol. The number of amides is 2. The standard InChI is InChI=1S/C21H24ClN3O5S/c1-31(28,29)25(14-16-6-2-4-8-18(16)22)15-20(26)23-19-9-5-3-7-17(19)21(27)24-10-12-30-13-11-24/h2-9H,10-15H2,1H3,(H,23,26). The van der Waals surface area contributed by atoms with Gasteiger partial charge in [0, 0.05) is 24.7 Å². The SMILES string of the molecule is CS(=O)(=O)N(CC(=O)Nc1ccccc1C(=O)N1CCOCC1)Cc1ccccc1Cl. The Morgan fingerprint density at radius 3 is 2.42 bits per heavy atom. The monoisotopic (exact) mass is 465 g/mol. The van der Waals surface area contributed by atoms with Crippen molar-refractivity contribution in [3.05, 3.63) is 64.7 Å². The van der Waals surface area contributed by atoms with Crippen LogP contribution in [0.4, 0.5) is 5.69 Å². The first-order chi connectivity index (χ1) is 14.8. The number of rotatable bonds is 7. The minimum atomic E-state index is -3.69. The van der Waals surface area contributed by atoms with Gasteiger partial charge in [-0.2, -0.15) is 4.31 Å². The average molecular weight is 466 g/mol. The van der Waals surface area contributed by atoms with Gasteiger partial charge in [-0.05, 0) is 23.8 Å². The van der Waals surface area contributed by atoms with Crippen molar-refractivity contribution in [3.63, 3.8) is 0 Å². The molecule has 31 heavy (non-hydrogen) atoms. The summed E-state index contributed by atoms with van der Waals surface area (Å²) in [7, 11) is -3.69. The molecule has 166 valence electrons. The highest BCUT2D eigenvalue weighted by Crippen LogP contribution is 2.20. The van der Waals surface area contributed by atoms with Crippen molar-refractivity contribution in [1.82, 2.24) is 9.21 Å². The highest BCUT2D eigenvalue weighted by Gasteiger charge is 2.24. The second-order valence-electron chi connectivity index (χ2n) is 7.12. The maximum absolute atomic E-state index is 12.9. The van der Waals surface area contributed by atoms with Crippen molar-refractivity contribution in [2.24, 2.45) is 0 Å². The molecule has 0 bridgehead atoms. The highest BCUT2D eigenvalue weighted by atomic mass is 35.5. The number of halogens is 1. The summed E-state index contributed by atoms with van der Waals surface area (Å²) in [6, 6.07) is 13.5. The van der Waals surface area contributed by atoms with E-state index >= 15 is 0 Å². The van der Waals surface area contributed by atoms with Gasteiger partial charge in [-0.1, -0.05) is 41.9 Å². The topological polar surface area (TPSA) is 96.0 Å². The molecule has 1 N–H and O–H groups in total. The summed E-state index contributed by atoms with van der Waals surface area (Å²) in [4.78, 5) is 27.2. The number of hydrogen-bond acceptors (Lipinski definition) is 5. The van der Waals surface area contributed by atoms with Crippen LogP contribution in [-0.2, 0) is 26.1 Å². The molecule has 0 aliphatic carbocycles. The molecule has 8 nitrogen and oxygen atoms in total. The Kier molecular flexibility index (Phi) is 7.66. The van der Waals surface area contributed by atoms with Gasteiger partial charge in [0.2, 0.25) is 15.9 Å². The molecule has 0 radical (unpaired) electrons. The van der Waals surface area contributed by atoms with Gasteiger partial charge >= 0.3 is 0 Å². The van der Waals surface area contributed by atoms with Gasteiger partial charge in [-0.15, -0.1) is 0 Å². The Labute approximate surface area is 186 Å². The molecule has 1 aliphatic heterocycles. The summed E-state index contributed by atoms with van der Waals surface area (Å²) >= 11 is 6.14. The quantitative estimate of drug-likeness (QED) is 0.676. The number of ether oxygens (including phenoxy) is 1. The molecule has 1 saturated heterocycles. The lowest BCUT2D eigenvalue weighted by atomic mass is 10.1. The summed E-state index contributed by atoms with van der Waals surface area (Å²) in [6.45, 7) is 1.42. The number of benzene rings is 2. The van der Waals surface area contributed by atoms with E-state index < -0.39 is 22.5 Å². The molecule has 0 unspecified atom stereocenters. The molecular formula is C21H24ClN3O5S. The smallest absolute Gasteiger partial charge is 0.256 e. The molecule has 0 atom stereocenters. The van der Waals surface area contributed by atoms with Gasteiger partial charge in [-0.3, -0.25) is 9.59 Å². The first-order valence-corrected chi connectivity index (χ1v) is 11.9. The Balaban J connectivity index is 1.74. The van der Waals surface area contributed by atoms with E-state index in [4.69, 9.17) is 16.3 Å². The van der Waals surface area contributed by atoms with E-state index in [0.29, 0.717) is 48.1 Å². The van der Waals surface area contributed by atoms with E-state index in [0.717, 1.165) is 10.6 Å². The minimum Gasteiger partial charge on any atom is -0.378 e. The second-order valence-corrected chi connectivity index (χ2v) is 9.51. The zero-order chi connectivity index (χ0) is 22.4. The van der Waals surface area contributed by atoms with Gasteiger partial charge in [0.1, 0.15) is 0 Å². The summed E-state index contributed by atoms with van der Waals surface area (Å²) in [5, 5.41) is 3.09. The normalized spacial score (nSPS) is 14.5. The zero-order valence-electron chi connectivity index (χ0n) is 17.1. The lowest BCUT2D eigenvalue weighted by Gasteiger charge is -2.27. The van der Waals surface area contributed by atoms with Gasteiger partial charge in [0.25, 0.3) is 5.91 Å². The highest BCUT2D eigenvalue weighted by molar-refractivity contribution is 7.88. The number of sulfonamides is 1. The Bertz CT molecular complexity index is 1050. The van der Waals surface area contributed by atoms with Crippen molar-refractivity contribution in [1.29, 1.82) is 0 Å². The van der Waals surface area contributed by atoms with E-state index in [2.05, 4.69) is 5.32 Å². The summed E-state index contributed by atoms with van der Waals surface area (Å²) in [5.74, 6) is -0.769. The summed E-state index contributed by atoms with van der Waals surface area (Å²) in [6.07, 6.45) is 1.03. The van der Waals surface area contributed by atoms with Crippen molar-refractivity contribution in [3.8, 4) is 0 Å². The van der Waals surface area contributed by atoms with Crippen molar-refractivity contribution >= 4 is 39.1 Å². The van der Waals surface area contributed by atoms with Crippen molar-refractivity contribution in [2.75, 3.05) is 44.4 Å². The summed E-state index contributed by atoms with van der Waals surface area (Å²) in [5.41, 5.74) is 1.26. The molecule has 1 aliphatic rings. The van der Waals surface area contributed by atoms with Gasteiger partial charge in [-0.25, -0.2) is 8.42 Å². The third-order valence-corrected chi connectivity index (χ3v) is 6.39. The van der Waals surface area contributed by atoms with Crippen LogP contribution in [-0.4, -0.2) is 68.5 Å². The van der Waals surface area contributed by atoms with Crippen LogP contribution in [0, 0.1) is 0 Å². The molecule has 2 aromatic carbocycles. The maximum atomic E-state index is 12.9. The third-order valence-electron chi connectivity index (χ3n) is 4.82. The van der Waals surface area contributed by atoms with E-state index in [1.165, 1.54) is 0 Å². The number of nitrogens with one attached hydrogen (secondary N) is 1. The van der Waals surface area contributed by atoms with Crippen molar-refractivity contribution in [2.45, 2.75) is 6.54 Å². The number of hydrogen-bond donors (Lipinski definition) is 1. The number of carbonyl (C=O) groups is 2. The van der Waals surface area contributed by atoms with Crippen LogP contribution in [0.3, 0.4) is 0 Å². The third kappa shape index (κ3) is 6.27. The predicted octanol–water partition coefficient (Wildman–Crippen LogP) is 2.21. The van der Waals surface area contributed by atoms with E-state index in [1.807, 2.05) is 0 Å². The van der Waals surface area contributed by atoms with Crippen LogP contribution < -0.4 is 5.32 Å². The first kappa shape index (κ1) is 23.2. The first-order valence-electron chi connectivity index (χ1n) is 9.70. The van der Waals surface area contributed by atoms with Crippen LogP contribution in [0.15, 0.2) is 48.5 Å². The molecule has 0 aromatic heterocycles. The number of para-hydroxylation sites is 1. The molecule has 3 rings (SSSR count). The molecule has 2 amide bonds. The molecule has 0 saturated carbocycles. The largest absolute Gasteiger partial charge is 0.378 e. The van der Waals surface area contributed by atoms with Crippen LogP contribution in [0.25, 0.3) is 0 Å². The zero-order valence-corrected chi connectivity index (χ0v) is 18.7. The molecule has 0 spiro atoms. The van der Waals surface area contributed by atoms with E-state index in [1.54, 1.807) is 53.4 Å². The fourth-order valence-electron chi connectivity index (χ4n) is 3.17. The number of morpholine rings is 1. The molecule has 1 heterocycles. The van der Waals surface area contributed by atoms with E-state index in [9.17, 15) is 18.0 Å². The van der Waals surface area contributed by atoms with Gasteiger partial charge in [0.05, 0.1) is 37.3 Å².